The van der Waals surface area contributed by atoms with E-state index in [2.05, 4.69) is 10.1 Å². The lowest BCUT2D eigenvalue weighted by Gasteiger charge is -2.23. The lowest BCUT2D eigenvalue weighted by atomic mass is 10.2. The summed E-state index contributed by atoms with van der Waals surface area (Å²) >= 11 is 0. The van der Waals surface area contributed by atoms with Crippen LogP contribution in [0, 0.1) is 5.82 Å². The van der Waals surface area contributed by atoms with Crippen molar-refractivity contribution in [2.45, 2.75) is 31.2 Å². The van der Waals surface area contributed by atoms with Crippen molar-refractivity contribution in [1.82, 2.24) is 19.6 Å². The summed E-state index contributed by atoms with van der Waals surface area (Å²) in [5, 5.41) is 3.86. The van der Waals surface area contributed by atoms with Crippen molar-refractivity contribution in [3.63, 3.8) is 0 Å². The van der Waals surface area contributed by atoms with E-state index in [-0.39, 0.29) is 23.6 Å². The first-order valence-electron chi connectivity index (χ1n) is 8.35. The van der Waals surface area contributed by atoms with Gasteiger partial charge in [0.25, 0.3) is 0 Å². The van der Waals surface area contributed by atoms with Crippen molar-refractivity contribution in [3.8, 4) is 0 Å². The summed E-state index contributed by atoms with van der Waals surface area (Å²) in [6, 6.07) is 8.02. The highest BCUT2D eigenvalue weighted by molar-refractivity contribution is 7.90. The molecule has 0 aliphatic heterocycles. The third-order valence-corrected chi connectivity index (χ3v) is 5.47. The van der Waals surface area contributed by atoms with Gasteiger partial charge in [0.05, 0.1) is 24.5 Å². The molecule has 9 heteroatoms. The van der Waals surface area contributed by atoms with Crippen LogP contribution in [0.2, 0.25) is 0 Å². The maximum atomic E-state index is 14.1. The van der Waals surface area contributed by atoms with Crippen molar-refractivity contribution in [2.75, 3.05) is 13.3 Å². The first-order valence-corrected chi connectivity index (χ1v) is 10.2. The molecule has 27 heavy (non-hydrogen) atoms. The number of sulfone groups is 1. The SMILES string of the molecule is C[C@H](c1ccon1)N(C)Cc1cnc(S(C)(=O)=O)n1Cc1ccccc1F. The molecule has 0 saturated carbocycles. The molecule has 1 aromatic carbocycles. The zero-order valence-corrected chi connectivity index (χ0v) is 16.1. The number of nitrogens with zero attached hydrogens (tertiary/aromatic N) is 4. The summed E-state index contributed by atoms with van der Waals surface area (Å²) in [6.45, 7) is 2.45. The standard InChI is InChI=1S/C18H21FN4O3S/c1-13(17-8-9-26-21-17)22(2)12-15-10-20-18(27(3,24)25)23(15)11-14-6-4-5-7-16(14)19/h4-10,13H,11-12H2,1-3H3/t13-/m1/s1. The van der Waals surface area contributed by atoms with Crippen LogP contribution in [-0.4, -0.2) is 41.3 Å². The molecule has 0 unspecified atom stereocenters. The van der Waals surface area contributed by atoms with E-state index in [4.69, 9.17) is 4.52 Å². The fourth-order valence-electron chi connectivity index (χ4n) is 2.84. The number of imidazole rings is 1. The van der Waals surface area contributed by atoms with Gasteiger partial charge in [-0.2, -0.15) is 0 Å². The second kappa shape index (κ2) is 7.61. The van der Waals surface area contributed by atoms with Crippen LogP contribution in [0.3, 0.4) is 0 Å². The molecule has 0 N–H and O–H groups in total. The maximum Gasteiger partial charge on any atom is 0.227 e. The Hall–Kier alpha value is -2.52. The van der Waals surface area contributed by atoms with E-state index >= 15 is 0 Å². The van der Waals surface area contributed by atoms with Crippen molar-refractivity contribution in [1.29, 1.82) is 0 Å². The van der Waals surface area contributed by atoms with Crippen LogP contribution < -0.4 is 0 Å². The van der Waals surface area contributed by atoms with E-state index in [0.29, 0.717) is 17.8 Å². The predicted molar refractivity (Wildman–Crippen MR) is 97.2 cm³/mol. The molecule has 0 aliphatic carbocycles. The highest BCUT2D eigenvalue weighted by Gasteiger charge is 2.22. The zero-order valence-electron chi connectivity index (χ0n) is 15.3. The number of halogens is 1. The Morgan fingerprint density at radius 2 is 2.04 bits per heavy atom. The number of rotatable bonds is 7. The van der Waals surface area contributed by atoms with Gasteiger partial charge in [-0.15, -0.1) is 0 Å². The van der Waals surface area contributed by atoms with Gasteiger partial charge in [0.15, 0.2) is 0 Å². The molecule has 0 saturated heterocycles. The van der Waals surface area contributed by atoms with E-state index in [0.717, 1.165) is 11.9 Å². The van der Waals surface area contributed by atoms with Crippen LogP contribution in [0.15, 0.2) is 52.5 Å². The molecular weight excluding hydrogens is 371 g/mol. The van der Waals surface area contributed by atoms with Gasteiger partial charge in [0.2, 0.25) is 15.0 Å². The van der Waals surface area contributed by atoms with Gasteiger partial charge in [-0.05, 0) is 20.0 Å². The fourth-order valence-corrected chi connectivity index (χ4v) is 3.66. The van der Waals surface area contributed by atoms with Crippen molar-refractivity contribution in [2.24, 2.45) is 0 Å². The second-order valence-electron chi connectivity index (χ2n) is 6.50. The van der Waals surface area contributed by atoms with Gasteiger partial charge in [-0.25, -0.2) is 17.8 Å². The highest BCUT2D eigenvalue weighted by Crippen LogP contribution is 2.22. The quantitative estimate of drug-likeness (QED) is 0.615. The van der Waals surface area contributed by atoms with Crippen molar-refractivity contribution in [3.05, 3.63) is 65.6 Å². The molecule has 0 amide bonds. The summed E-state index contributed by atoms with van der Waals surface area (Å²) in [5.74, 6) is -0.388. The molecule has 0 bridgehead atoms. The number of hydrogen-bond donors (Lipinski definition) is 0. The molecule has 7 nitrogen and oxygen atoms in total. The molecule has 3 aromatic rings. The summed E-state index contributed by atoms with van der Waals surface area (Å²) in [5.41, 5.74) is 1.83. The second-order valence-corrected chi connectivity index (χ2v) is 8.41. The Morgan fingerprint density at radius 1 is 1.30 bits per heavy atom. The van der Waals surface area contributed by atoms with Crippen LogP contribution in [0.25, 0.3) is 0 Å². The minimum atomic E-state index is -3.56. The Balaban J connectivity index is 1.93. The lowest BCUT2D eigenvalue weighted by molar-refractivity contribution is 0.234. The number of aromatic nitrogens is 3. The number of hydrogen-bond acceptors (Lipinski definition) is 6. The van der Waals surface area contributed by atoms with Gasteiger partial charge < -0.3 is 9.09 Å². The van der Waals surface area contributed by atoms with Crippen LogP contribution in [-0.2, 0) is 22.9 Å². The van der Waals surface area contributed by atoms with E-state index in [9.17, 15) is 12.8 Å². The Morgan fingerprint density at radius 3 is 2.67 bits per heavy atom. The predicted octanol–water partition coefficient (Wildman–Crippen LogP) is 2.66. The van der Waals surface area contributed by atoms with Gasteiger partial charge in [0, 0.05) is 24.4 Å². The molecule has 2 heterocycles. The molecule has 2 aromatic heterocycles. The van der Waals surface area contributed by atoms with Gasteiger partial charge >= 0.3 is 0 Å². The molecule has 0 spiro atoms. The van der Waals surface area contributed by atoms with Gasteiger partial charge in [-0.1, -0.05) is 23.4 Å². The largest absolute Gasteiger partial charge is 0.364 e. The molecule has 0 radical (unpaired) electrons. The smallest absolute Gasteiger partial charge is 0.227 e. The molecule has 3 rings (SSSR count). The fraction of sp³-hybridized carbons (Fsp3) is 0.333. The summed E-state index contributed by atoms with van der Waals surface area (Å²) in [7, 11) is -1.67. The minimum Gasteiger partial charge on any atom is -0.364 e. The zero-order chi connectivity index (χ0) is 19.6. The van der Waals surface area contributed by atoms with E-state index in [1.54, 1.807) is 28.8 Å². The average Bonchev–Trinajstić information content (AvgIpc) is 3.26. The molecule has 144 valence electrons. The first-order chi connectivity index (χ1) is 12.8. The summed E-state index contributed by atoms with van der Waals surface area (Å²) < 4.78 is 44.8. The first kappa shape index (κ1) is 19.2. The summed E-state index contributed by atoms with van der Waals surface area (Å²) in [6.07, 6.45) is 4.12. The third-order valence-electron chi connectivity index (χ3n) is 4.48. The van der Waals surface area contributed by atoms with Crippen LogP contribution >= 0.6 is 0 Å². The Bertz CT molecular complexity index is 1020. The molecule has 0 fully saturated rings. The van der Waals surface area contributed by atoms with Crippen LogP contribution in [0.1, 0.15) is 29.9 Å². The maximum absolute atomic E-state index is 14.1. The molecule has 1 atom stereocenters. The van der Waals surface area contributed by atoms with E-state index in [1.165, 1.54) is 18.5 Å². The van der Waals surface area contributed by atoms with Crippen LogP contribution in [0.4, 0.5) is 4.39 Å². The monoisotopic (exact) mass is 392 g/mol. The van der Waals surface area contributed by atoms with E-state index < -0.39 is 9.84 Å². The minimum absolute atomic E-state index is 0.0535. The van der Waals surface area contributed by atoms with Crippen molar-refractivity contribution < 1.29 is 17.3 Å². The molecule has 0 aliphatic rings. The van der Waals surface area contributed by atoms with E-state index in [1.807, 2.05) is 18.9 Å². The summed E-state index contributed by atoms with van der Waals surface area (Å²) in [4.78, 5) is 6.07. The highest BCUT2D eigenvalue weighted by atomic mass is 32.2. The topological polar surface area (TPSA) is 81.2 Å². The Kier molecular flexibility index (Phi) is 5.43. The Labute approximate surface area is 157 Å². The van der Waals surface area contributed by atoms with Gasteiger partial charge in [0.1, 0.15) is 17.8 Å². The average molecular weight is 392 g/mol. The van der Waals surface area contributed by atoms with Crippen LogP contribution in [0.5, 0.6) is 0 Å². The third kappa shape index (κ3) is 4.25. The molecular formula is C18H21FN4O3S. The van der Waals surface area contributed by atoms with Crippen molar-refractivity contribution >= 4 is 9.84 Å². The van der Waals surface area contributed by atoms with Gasteiger partial charge in [-0.3, -0.25) is 4.90 Å². The number of benzene rings is 1. The normalized spacial score (nSPS) is 13.2. The lowest BCUT2D eigenvalue weighted by Crippen LogP contribution is -2.24.